The molecule has 3 aromatic rings. The molecule has 16 nitrogen and oxygen atoms in total. The largest absolute Gasteiger partial charge is 0.394 e. The third kappa shape index (κ3) is 6.58. The molecule has 0 bridgehead atoms. The van der Waals surface area contributed by atoms with E-state index in [1.165, 1.54) is 10.9 Å². The molecule has 0 saturated carbocycles. The Balaban J connectivity index is 1.23. The van der Waals surface area contributed by atoms with Crippen LogP contribution in [0.3, 0.4) is 0 Å². The van der Waals surface area contributed by atoms with Crippen LogP contribution in [0.2, 0.25) is 0 Å². The zero-order valence-electron chi connectivity index (χ0n) is 24.9. The van der Waals surface area contributed by atoms with E-state index >= 15 is 0 Å². The maximum absolute atomic E-state index is 13.9. The molecule has 0 amide bonds. The summed E-state index contributed by atoms with van der Waals surface area (Å²) in [5.41, 5.74) is -2.78. The summed E-state index contributed by atoms with van der Waals surface area (Å²) in [6, 6.07) is -1.03. The number of piperazine rings is 1. The first-order chi connectivity index (χ1) is 22.5. The van der Waals surface area contributed by atoms with Crippen LogP contribution in [0.25, 0.3) is 11.3 Å². The highest BCUT2D eigenvalue weighted by Crippen LogP contribution is 2.42. The number of thioether (sulfide) groups is 1. The molecule has 3 aliphatic rings. The molecule has 5 unspecified atom stereocenters. The number of hydrogen-bond acceptors (Lipinski definition) is 15. The summed E-state index contributed by atoms with van der Waals surface area (Å²) in [4.78, 5) is 4.19. The molecule has 5 heterocycles. The van der Waals surface area contributed by atoms with Crippen LogP contribution in [0.4, 0.5) is 19.0 Å². The summed E-state index contributed by atoms with van der Waals surface area (Å²) in [5, 5.41) is 80.9. The summed E-state index contributed by atoms with van der Waals surface area (Å²) in [6.45, 7) is 1.71. The van der Waals surface area contributed by atoms with Crippen LogP contribution in [-0.2, 0) is 9.47 Å². The van der Waals surface area contributed by atoms with Gasteiger partial charge in [-0.25, -0.2) is 22.5 Å². The van der Waals surface area contributed by atoms with Gasteiger partial charge in [-0.1, -0.05) is 22.2 Å². The molecule has 10 atom stereocenters. The lowest BCUT2D eigenvalue weighted by Crippen LogP contribution is -2.58. The highest BCUT2D eigenvalue weighted by atomic mass is 32.2. The summed E-state index contributed by atoms with van der Waals surface area (Å²) in [6.07, 6.45) is -5.72. The molecule has 258 valence electrons. The fourth-order valence-corrected chi connectivity index (χ4v) is 7.29. The van der Waals surface area contributed by atoms with Crippen LogP contribution in [0.1, 0.15) is 12.1 Å². The molecule has 3 saturated heterocycles. The van der Waals surface area contributed by atoms with Crippen molar-refractivity contribution in [2.75, 3.05) is 51.3 Å². The van der Waals surface area contributed by atoms with Crippen LogP contribution in [-0.4, -0.2) is 159 Å². The zero-order valence-corrected chi connectivity index (χ0v) is 25.8. The van der Waals surface area contributed by atoms with Gasteiger partial charge >= 0.3 is 0 Å². The number of anilines is 1. The average molecular weight is 689 g/mol. The average Bonchev–Trinajstić information content (AvgIpc) is 3.74. The molecule has 1 aromatic carbocycles. The first-order valence-electron chi connectivity index (χ1n) is 14.8. The second-order valence-corrected chi connectivity index (χ2v) is 12.9. The number of nitrogens with zero attached hydrogens (tertiary/aromatic N) is 8. The van der Waals surface area contributed by atoms with Crippen molar-refractivity contribution >= 4 is 17.6 Å². The number of ether oxygens (including phenoxy) is 2. The standard InChI is InChI=1S/C27H35F3N8O8S/c1-35-2-4-36(5-3-35)18-9-38(34-32-18)21-23(42)17(11-40)46-27(25(21)44)47-26-24(43)20(22(41)16(10-39)45-26)37-8-15(31-33-37)12-6-13(28)19(30)14(29)7-12/h6-9,16-17,20-27,39-44H,2-5,10-11H2,1H3/t16?,17-,20?,21?,22+,23?,24?,25-,26+,27+/m1/s1. The number of aliphatic hydroxyl groups excluding tert-OH is 6. The van der Waals surface area contributed by atoms with Gasteiger partial charge in [-0.3, -0.25) is 0 Å². The number of aromatic nitrogens is 6. The minimum atomic E-state index is -1.66. The Morgan fingerprint density at radius 2 is 1.28 bits per heavy atom. The zero-order chi connectivity index (χ0) is 33.6. The van der Waals surface area contributed by atoms with Gasteiger partial charge in [0.15, 0.2) is 23.3 Å². The van der Waals surface area contributed by atoms with Crippen molar-refractivity contribution in [3.63, 3.8) is 0 Å². The Morgan fingerprint density at radius 1 is 0.766 bits per heavy atom. The van der Waals surface area contributed by atoms with Gasteiger partial charge < -0.3 is 49.9 Å². The highest BCUT2D eigenvalue weighted by Gasteiger charge is 2.51. The minimum absolute atomic E-state index is 0.101. The number of hydrogen-bond donors (Lipinski definition) is 6. The van der Waals surface area contributed by atoms with Gasteiger partial charge in [0.2, 0.25) is 0 Å². The van der Waals surface area contributed by atoms with Crippen molar-refractivity contribution in [1.29, 1.82) is 0 Å². The summed E-state index contributed by atoms with van der Waals surface area (Å²) < 4.78 is 55.1. The first-order valence-corrected chi connectivity index (χ1v) is 15.8. The van der Waals surface area contributed by atoms with Crippen molar-refractivity contribution in [2.45, 2.75) is 59.6 Å². The summed E-state index contributed by atoms with van der Waals surface area (Å²) >= 11 is 0.772. The summed E-state index contributed by atoms with van der Waals surface area (Å²) in [5.74, 6) is -4.02. The van der Waals surface area contributed by atoms with E-state index in [0.29, 0.717) is 31.0 Å². The van der Waals surface area contributed by atoms with Crippen molar-refractivity contribution in [2.24, 2.45) is 0 Å². The van der Waals surface area contributed by atoms with Crippen LogP contribution in [0.5, 0.6) is 0 Å². The van der Waals surface area contributed by atoms with E-state index in [1.54, 1.807) is 6.20 Å². The molecule has 47 heavy (non-hydrogen) atoms. The van der Waals surface area contributed by atoms with Crippen LogP contribution in [0.15, 0.2) is 24.5 Å². The van der Waals surface area contributed by atoms with Crippen LogP contribution >= 0.6 is 11.8 Å². The summed E-state index contributed by atoms with van der Waals surface area (Å²) in [7, 11) is 2.01. The highest BCUT2D eigenvalue weighted by molar-refractivity contribution is 8.00. The molecule has 6 N–H and O–H groups in total. The van der Waals surface area contributed by atoms with E-state index in [9.17, 15) is 43.8 Å². The van der Waals surface area contributed by atoms with Crippen LogP contribution in [0, 0.1) is 17.5 Å². The Bertz CT molecular complexity index is 1510. The predicted molar refractivity (Wildman–Crippen MR) is 156 cm³/mol. The molecule has 2 aromatic heterocycles. The number of halogens is 3. The third-order valence-corrected chi connectivity index (χ3v) is 10.0. The maximum Gasteiger partial charge on any atom is 0.194 e. The fourth-order valence-electron chi connectivity index (χ4n) is 5.97. The molecule has 20 heteroatoms. The minimum Gasteiger partial charge on any atom is -0.394 e. The topological polar surface area (TPSA) is 208 Å². The second-order valence-electron chi connectivity index (χ2n) is 11.7. The number of benzene rings is 1. The third-order valence-electron chi connectivity index (χ3n) is 8.69. The van der Waals surface area contributed by atoms with Gasteiger partial charge in [-0.2, -0.15) is 0 Å². The van der Waals surface area contributed by atoms with Crippen molar-refractivity contribution < 1.29 is 53.3 Å². The van der Waals surface area contributed by atoms with Crippen molar-refractivity contribution in [1.82, 2.24) is 34.9 Å². The molecule has 0 aliphatic carbocycles. The Kier molecular flexibility index (Phi) is 10.0. The first kappa shape index (κ1) is 34.0. The predicted octanol–water partition coefficient (Wildman–Crippen LogP) is -1.90. The number of aliphatic hydroxyl groups is 6. The lowest BCUT2D eigenvalue weighted by molar-refractivity contribution is -0.189. The van der Waals surface area contributed by atoms with Crippen LogP contribution < -0.4 is 4.90 Å². The van der Waals surface area contributed by atoms with Gasteiger partial charge in [-0.15, -0.1) is 10.2 Å². The lowest BCUT2D eigenvalue weighted by atomic mass is 9.97. The number of likely N-dealkylation sites (N-methyl/N-ethyl adjacent to an activating group) is 1. The Labute approximate surface area is 269 Å². The molecule has 0 radical (unpaired) electrons. The Hall–Kier alpha value is -2.92. The molecular formula is C27H35F3N8O8S. The quantitative estimate of drug-likeness (QED) is 0.143. The molecule has 0 spiro atoms. The monoisotopic (exact) mass is 688 g/mol. The molecule has 3 fully saturated rings. The van der Waals surface area contributed by atoms with Gasteiger partial charge in [0.25, 0.3) is 0 Å². The van der Waals surface area contributed by atoms with Crippen molar-refractivity contribution in [3.05, 3.63) is 42.0 Å². The molecule has 3 aliphatic heterocycles. The SMILES string of the molecule is CN1CCN(c2cn(C3C(O)[C@@H](CO)O[C@@H](S[C@@H]4OC(CO)[C@H](O)C(n5cc(-c6cc(F)c(F)c(F)c6)nn5)C4O)[C@@H]3O)nn2)CC1. The van der Waals surface area contributed by atoms with Gasteiger partial charge in [0, 0.05) is 31.7 Å². The Morgan fingerprint density at radius 3 is 1.81 bits per heavy atom. The van der Waals surface area contributed by atoms with E-state index < -0.39 is 90.2 Å². The van der Waals surface area contributed by atoms with E-state index in [2.05, 4.69) is 25.5 Å². The van der Waals surface area contributed by atoms with E-state index in [-0.39, 0.29) is 11.3 Å². The second kappa shape index (κ2) is 13.9. The number of rotatable bonds is 8. The van der Waals surface area contributed by atoms with E-state index in [0.717, 1.165) is 29.5 Å². The smallest absolute Gasteiger partial charge is 0.194 e. The fraction of sp³-hybridized carbons (Fsp3) is 0.630. The maximum atomic E-state index is 13.9. The van der Waals surface area contributed by atoms with E-state index in [4.69, 9.17) is 9.47 Å². The normalized spacial score (nSPS) is 33.8. The van der Waals surface area contributed by atoms with Crippen molar-refractivity contribution in [3.8, 4) is 11.3 Å². The van der Waals surface area contributed by atoms with Gasteiger partial charge in [-0.05, 0) is 19.2 Å². The molecular weight excluding hydrogens is 653 g/mol. The van der Waals surface area contributed by atoms with Gasteiger partial charge in [0.1, 0.15) is 65.3 Å². The molecule has 6 rings (SSSR count). The lowest BCUT2D eigenvalue weighted by Gasteiger charge is -2.46. The van der Waals surface area contributed by atoms with Gasteiger partial charge in [0.05, 0.1) is 25.6 Å². The van der Waals surface area contributed by atoms with E-state index in [1.807, 2.05) is 11.9 Å².